The Morgan fingerprint density at radius 3 is 2.56 bits per heavy atom. The van der Waals surface area contributed by atoms with Gasteiger partial charge in [-0.05, 0) is 34.0 Å². The lowest BCUT2D eigenvalue weighted by Gasteiger charge is -2.13. The Morgan fingerprint density at radius 1 is 1.25 bits per heavy atom. The first-order valence-corrected chi connectivity index (χ1v) is 5.83. The quantitative estimate of drug-likeness (QED) is 0.669. The maximum atomic E-state index is 5.55. The maximum Gasteiger partial charge on any atom is 0.136 e. The smallest absolute Gasteiger partial charge is 0.136 e. The summed E-state index contributed by atoms with van der Waals surface area (Å²) in [4.78, 5) is 0. The molecule has 0 aliphatic carbocycles. The van der Waals surface area contributed by atoms with Gasteiger partial charge in [0.25, 0.3) is 0 Å². The second kappa shape index (κ2) is 5.30. The van der Waals surface area contributed by atoms with Crippen LogP contribution in [0.3, 0.4) is 0 Å². The van der Waals surface area contributed by atoms with Crippen LogP contribution in [0, 0.1) is 0 Å². The average molecular weight is 281 g/mol. The first-order chi connectivity index (χ1) is 7.81. The van der Waals surface area contributed by atoms with Crippen molar-refractivity contribution < 1.29 is 4.42 Å². The highest BCUT2D eigenvalue weighted by Crippen LogP contribution is 2.26. The summed E-state index contributed by atoms with van der Waals surface area (Å²) in [6.07, 6.45) is 2.44. The highest BCUT2D eigenvalue weighted by atomic mass is 79.9. The SMILES string of the molecule is NNC(Cc1ccccc1)c1occc1Br. The minimum Gasteiger partial charge on any atom is -0.466 e. The van der Waals surface area contributed by atoms with Gasteiger partial charge >= 0.3 is 0 Å². The lowest BCUT2D eigenvalue weighted by Crippen LogP contribution is -2.29. The van der Waals surface area contributed by atoms with E-state index in [9.17, 15) is 0 Å². The van der Waals surface area contributed by atoms with Crippen molar-refractivity contribution in [2.45, 2.75) is 12.5 Å². The van der Waals surface area contributed by atoms with E-state index in [1.165, 1.54) is 5.56 Å². The van der Waals surface area contributed by atoms with E-state index in [-0.39, 0.29) is 6.04 Å². The van der Waals surface area contributed by atoms with E-state index in [2.05, 4.69) is 33.5 Å². The van der Waals surface area contributed by atoms with Gasteiger partial charge in [0.15, 0.2) is 0 Å². The summed E-state index contributed by atoms with van der Waals surface area (Å²) in [7, 11) is 0. The minimum absolute atomic E-state index is 0.0215. The van der Waals surface area contributed by atoms with Crippen LogP contribution in [0.25, 0.3) is 0 Å². The lowest BCUT2D eigenvalue weighted by atomic mass is 10.0. The van der Waals surface area contributed by atoms with Crippen molar-refractivity contribution in [1.82, 2.24) is 5.43 Å². The highest BCUT2D eigenvalue weighted by molar-refractivity contribution is 9.10. The van der Waals surface area contributed by atoms with Gasteiger partial charge in [0, 0.05) is 0 Å². The number of hydrazine groups is 1. The molecule has 84 valence electrons. The molecule has 4 heteroatoms. The average Bonchev–Trinajstić information content (AvgIpc) is 2.74. The zero-order valence-electron chi connectivity index (χ0n) is 8.69. The van der Waals surface area contributed by atoms with Gasteiger partial charge in [0.2, 0.25) is 0 Å². The van der Waals surface area contributed by atoms with Crippen molar-refractivity contribution in [1.29, 1.82) is 0 Å². The third-order valence-corrected chi connectivity index (χ3v) is 3.10. The monoisotopic (exact) mass is 280 g/mol. The topological polar surface area (TPSA) is 51.2 Å². The van der Waals surface area contributed by atoms with Crippen LogP contribution in [0.2, 0.25) is 0 Å². The molecule has 0 saturated heterocycles. The molecular formula is C12H13BrN2O. The van der Waals surface area contributed by atoms with Gasteiger partial charge in [-0.25, -0.2) is 5.43 Å². The fraction of sp³-hybridized carbons (Fsp3) is 0.167. The van der Waals surface area contributed by atoms with E-state index in [1.54, 1.807) is 6.26 Å². The largest absolute Gasteiger partial charge is 0.466 e. The normalized spacial score (nSPS) is 12.6. The summed E-state index contributed by atoms with van der Waals surface area (Å²) < 4.78 is 6.34. The number of rotatable bonds is 4. The van der Waals surface area contributed by atoms with Crippen molar-refractivity contribution in [2.75, 3.05) is 0 Å². The van der Waals surface area contributed by atoms with Crippen molar-refractivity contribution >= 4 is 15.9 Å². The zero-order valence-corrected chi connectivity index (χ0v) is 10.3. The molecule has 0 amide bonds. The molecular weight excluding hydrogens is 268 g/mol. The third-order valence-electron chi connectivity index (χ3n) is 2.45. The molecule has 0 fully saturated rings. The van der Waals surface area contributed by atoms with E-state index in [0.717, 1.165) is 16.7 Å². The Labute approximate surface area is 103 Å². The van der Waals surface area contributed by atoms with Gasteiger partial charge in [-0.3, -0.25) is 5.84 Å². The molecule has 16 heavy (non-hydrogen) atoms. The van der Waals surface area contributed by atoms with Gasteiger partial charge in [0.05, 0.1) is 16.8 Å². The summed E-state index contributed by atoms with van der Waals surface area (Å²) in [6, 6.07) is 12.0. The Kier molecular flexibility index (Phi) is 3.77. The Hall–Kier alpha value is -1.10. The van der Waals surface area contributed by atoms with E-state index in [0.29, 0.717) is 0 Å². The molecule has 0 aliphatic heterocycles. The van der Waals surface area contributed by atoms with Crippen LogP contribution in [-0.2, 0) is 6.42 Å². The van der Waals surface area contributed by atoms with Gasteiger partial charge in [-0.15, -0.1) is 0 Å². The van der Waals surface area contributed by atoms with Crippen LogP contribution in [0.4, 0.5) is 0 Å². The summed E-state index contributed by atoms with van der Waals surface area (Å²) in [5.41, 5.74) is 3.99. The Balaban J connectivity index is 2.16. The fourth-order valence-electron chi connectivity index (χ4n) is 1.63. The molecule has 1 atom stereocenters. The van der Waals surface area contributed by atoms with Crippen LogP contribution < -0.4 is 11.3 Å². The molecule has 3 N–H and O–H groups in total. The molecule has 3 nitrogen and oxygen atoms in total. The van der Waals surface area contributed by atoms with Crippen LogP contribution in [0.1, 0.15) is 17.4 Å². The van der Waals surface area contributed by atoms with Crippen molar-refractivity contribution in [2.24, 2.45) is 5.84 Å². The second-order valence-corrected chi connectivity index (χ2v) is 4.40. The van der Waals surface area contributed by atoms with Crippen LogP contribution >= 0.6 is 15.9 Å². The number of nitrogens with two attached hydrogens (primary N) is 1. The molecule has 0 spiro atoms. The molecule has 2 rings (SSSR count). The number of nitrogens with one attached hydrogen (secondary N) is 1. The molecule has 1 aromatic heterocycles. The Bertz CT molecular complexity index is 441. The van der Waals surface area contributed by atoms with Gasteiger partial charge in [-0.2, -0.15) is 0 Å². The molecule has 0 radical (unpaired) electrons. The second-order valence-electron chi connectivity index (χ2n) is 3.54. The first-order valence-electron chi connectivity index (χ1n) is 5.04. The Morgan fingerprint density at radius 2 is 2.00 bits per heavy atom. The molecule has 1 unspecified atom stereocenters. The van der Waals surface area contributed by atoms with Gasteiger partial charge < -0.3 is 4.42 Å². The zero-order chi connectivity index (χ0) is 11.4. The summed E-state index contributed by atoms with van der Waals surface area (Å²) in [5, 5.41) is 0. The van der Waals surface area contributed by atoms with E-state index < -0.39 is 0 Å². The fourth-order valence-corrected chi connectivity index (χ4v) is 2.11. The minimum atomic E-state index is -0.0215. The predicted molar refractivity (Wildman–Crippen MR) is 66.6 cm³/mol. The summed E-state index contributed by atoms with van der Waals surface area (Å²) in [6.45, 7) is 0. The van der Waals surface area contributed by atoms with Crippen molar-refractivity contribution in [3.05, 3.63) is 58.5 Å². The maximum absolute atomic E-state index is 5.55. The molecule has 2 aromatic rings. The molecule has 1 heterocycles. The van der Waals surface area contributed by atoms with Gasteiger partial charge in [0.1, 0.15) is 5.76 Å². The molecule has 0 aliphatic rings. The highest BCUT2D eigenvalue weighted by Gasteiger charge is 2.16. The third kappa shape index (κ3) is 2.52. The van der Waals surface area contributed by atoms with E-state index >= 15 is 0 Å². The molecule has 0 bridgehead atoms. The van der Waals surface area contributed by atoms with Crippen LogP contribution in [0.5, 0.6) is 0 Å². The molecule has 1 aromatic carbocycles. The number of benzene rings is 1. The lowest BCUT2D eigenvalue weighted by molar-refractivity contribution is 0.413. The summed E-state index contributed by atoms with van der Waals surface area (Å²) >= 11 is 3.43. The summed E-state index contributed by atoms with van der Waals surface area (Å²) in [5.74, 6) is 6.38. The van der Waals surface area contributed by atoms with Crippen molar-refractivity contribution in [3.8, 4) is 0 Å². The van der Waals surface area contributed by atoms with Crippen molar-refractivity contribution in [3.63, 3.8) is 0 Å². The number of halogens is 1. The van der Waals surface area contributed by atoms with Gasteiger partial charge in [-0.1, -0.05) is 30.3 Å². The predicted octanol–water partition coefficient (Wildman–Crippen LogP) is 2.79. The van der Waals surface area contributed by atoms with Crippen LogP contribution in [0.15, 0.2) is 51.6 Å². The number of hydrogen-bond acceptors (Lipinski definition) is 3. The number of furan rings is 1. The molecule has 0 saturated carbocycles. The first kappa shape index (κ1) is 11.4. The van der Waals surface area contributed by atoms with E-state index in [4.69, 9.17) is 10.3 Å². The van der Waals surface area contributed by atoms with E-state index in [1.807, 2.05) is 24.3 Å². The standard InChI is InChI=1S/C12H13BrN2O/c13-10-6-7-16-12(10)11(15-14)8-9-4-2-1-3-5-9/h1-7,11,15H,8,14H2. The number of hydrogen-bond donors (Lipinski definition) is 2. The van der Waals surface area contributed by atoms with Crippen LogP contribution in [-0.4, -0.2) is 0 Å².